The number of aromatic hydroxyl groups is 2. The number of hydrogen-bond acceptors (Lipinski definition) is 14. The summed E-state index contributed by atoms with van der Waals surface area (Å²) in [5.74, 6) is -0.948. The van der Waals surface area contributed by atoms with Gasteiger partial charge in [-0.25, -0.2) is 17.5 Å². The van der Waals surface area contributed by atoms with Crippen LogP contribution in [0.1, 0.15) is 73.8 Å². The summed E-state index contributed by atoms with van der Waals surface area (Å²) in [6, 6.07) is 27.8. The number of phenols is 2. The highest BCUT2D eigenvalue weighted by molar-refractivity contribution is 7.89. The van der Waals surface area contributed by atoms with E-state index >= 15 is 0 Å². The third kappa shape index (κ3) is 7.72. The van der Waals surface area contributed by atoms with Crippen molar-refractivity contribution >= 4 is 71.6 Å². The lowest BCUT2D eigenvalue weighted by Crippen LogP contribution is -2.40. The van der Waals surface area contributed by atoms with Crippen molar-refractivity contribution < 1.29 is 37.7 Å². The molecule has 0 aliphatic carbocycles. The van der Waals surface area contributed by atoms with Gasteiger partial charge in [-0.1, -0.05) is 60.0 Å². The van der Waals surface area contributed by atoms with Gasteiger partial charge in [-0.15, -0.1) is 10.2 Å². The number of carbonyl (C=O) groups excluding carboxylic acids is 2. The zero-order valence-electron chi connectivity index (χ0n) is 35.1. The number of carbonyl (C=O) groups is 2. The molecule has 3 aliphatic heterocycles. The van der Waals surface area contributed by atoms with E-state index in [1.165, 1.54) is 46.0 Å². The van der Waals surface area contributed by atoms with Crippen LogP contribution >= 0.6 is 23.6 Å². The Bertz CT molecular complexity index is 3180. The topological polar surface area (TPSA) is 237 Å². The normalized spacial score (nSPS) is 15.4. The highest BCUT2D eigenvalue weighted by Crippen LogP contribution is 2.57. The number of hydrogen-bond donors (Lipinski definition) is 6. The largest absolute Gasteiger partial charge is 0.508 e. The Balaban J connectivity index is 0.801. The third-order valence-electron chi connectivity index (χ3n) is 12.4. The molecule has 10 rings (SSSR count). The first-order valence-corrected chi connectivity index (χ1v) is 24.0. The van der Waals surface area contributed by atoms with Gasteiger partial charge in [0, 0.05) is 94.8 Å². The summed E-state index contributed by atoms with van der Waals surface area (Å²) in [6.45, 7) is 1.26. The van der Waals surface area contributed by atoms with Crippen molar-refractivity contribution in [2.45, 2.75) is 37.5 Å². The Morgan fingerprint density at radius 3 is 2.32 bits per heavy atom. The quantitative estimate of drug-likeness (QED) is 0.0422. The van der Waals surface area contributed by atoms with Gasteiger partial charge in [0.25, 0.3) is 5.91 Å². The monoisotopic (exact) mass is 942 g/mol. The molecule has 0 atom stereocenters. The average molecular weight is 943 g/mol. The number of amides is 1. The molecular formula is C47H42N8O8S3. The summed E-state index contributed by atoms with van der Waals surface area (Å²) in [5, 5.41) is 36.5. The molecule has 0 saturated carbocycles. The molecule has 7 aromatic rings. The van der Waals surface area contributed by atoms with E-state index in [-0.39, 0.29) is 58.9 Å². The van der Waals surface area contributed by atoms with Crippen LogP contribution < -0.4 is 26.8 Å². The Hall–Kier alpha value is -7.06. The minimum Gasteiger partial charge on any atom is -0.508 e. The van der Waals surface area contributed by atoms with Gasteiger partial charge in [-0.2, -0.15) is 0 Å². The number of sulfonamides is 1. The molecule has 0 bridgehead atoms. The number of nitrogens with one attached hydrogen (secondary N) is 2. The van der Waals surface area contributed by atoms with Gasteiger partial charge in [0.2, 0.25) is 20.3 Å². The zero-order chi connectivity index (χ0) is 45.9. The van der Waals surface area contributed by atoms with E-state index in [9.17, 15) is 28.2 Å². The fourth-order valence-corrected chi connectivity index (χ4v) is 11.4. The summed E-state index contributed by atoms with van der Waals surface area (Å²) in [4.78, 5) is 27.3. The highest BCUT2D eigenvalue weighted by Gasteiger charge is 2.54. The molecule has 16 nitrogen and oxygen atoms in total. The van der Waals surface area contributed by atoms with Crippen LogP contribution in [0.2, 0.25) is 0 Å². The number of piperidine rings is 1. The molecule has 5 aromatic carbocycles. The van der Waals surface area contributed by atoms with E-state index in [0.717, 1.165) is 33.2 Å². The molecule has 8 N–H and O–H groups in total. The molecule has 336 valence electrons. The molecule has 3 aliphatic rings. The van der Waals surface area contributed by atoms with Crippen molar-refractivity contribution in [3.8, 4) is 34.1 Å². The molecule has 0 unspecified atom stereocenters. The number of nitrogens with zero attached hydrogens (tertiary/aromatic N) is 4. The van der Waals surface area contributed by atoms with Crippen LogP contribution in [0.3, 0.4) is 0 Å². The van der Waals surface area contributed by atoms with Crippen molar-refractivity contribution in [2.24, 2.45) is 5.73 Å². The third-order valence-corrected chi connectivity index (χ3v) is 15.3. The SMILES string of the molecule is NC(=S)c1cccc(-c2cn(C3CCN(S(=O)(=O)CCCNC(=O)c4ccc5c(c4)C(=O)OC54c5ccc(O)cc5Oc5cc(O)ccc54)CC3)c3cc(CNc4nnc(N)s4)ccc23)c1. The van der Waals surface area contributed by atoms with Crippen LogP contribution in [0.15, 0.2) is 103 Å². The van der Waals surface area contributed by atoms with Crippen molar-refractivity contribution in [3.05, 3.63) is 142 Å². The maximum Gasteiger partial charge on any atom is 0.340 e. The number of anilines is 2. The number of phenolic OH excluding ortho intramolecular Hbond substituents is 2. The predicted octanol–water partition coefficient (Wildman–Crippen LogP) is 6.75. The number of benzene rings is 5. The first-order chi connectivity index (χ1) is 31.8. The molecule has 1 fully saturated rings. The van der Waals surface area contributed by atoms with Gasteiger partial charge in [0.15, 0.2) is 5.60 Å². The number of ether oxygens (including phenoxy) is 2. The minimum absolute atomic E-state index is 0.0223. The molecule has 1 amide bonds. The average Bonchev–Trinajstić information content (AvgIpc) is 3.99. The maximum atomic E-state index is 13.7. The summed E-state index contributed by atoms with van der Waals surface area (Å²) in [5.41, 5.74) is 16.8. The van der Waals surface area contributed by atoms with Crippen LogP contribution in [0.25, 0.3) is 22.0 Å². The van der Waals surface area contributed by atoms with E-state index in [1.54, 1.807) is 24.3 Å². The number of aromatic nitrogens is 3. The Labute approximate surface area is 387 Å². The predicted molar refractivity (Wildman–Crippen MR) is 254 cm³/mol. The lowest BCUT2D eigenvalue weighted by atomic mass is 9.77. The van der Waals surface area contributed by atoms with Gasteiger partial charge < -0.3 is 46.4 Å². The summed E-state index contributed by atoms with van der Waals surface area (Å²) < 4.78 is 43.2. The van der Waals surface area contributed by atoms with Crippen LogP contribution in [-0.4, -0.2) is 80.0 Å². The fourth-order valence-electron chi connectivity index (χ4n) is 9.20. The van der Waals surface area contributed by atoms with Crippen LogP contribution in [0, 0.1) is 0 Å². The molecule has 1 saturated heterocycles. The number of esters is 1. The van der Waals surface area contributed by atoms with Crippen LogP contribution in [0.4, 0.5) is 10.3 Å². The Kier molecular flexibility index (Phi) is 10.9. The van der Waals surface area contributed by atoms with Crippen molar-refractivity contribution in [3.63, 3.8) is 0 Å². The number of fused-ring (bicyclic) bond motifs is 7. The molecule has 1 spiro atoms. The zero-order valence-corrected chi connectivity index (χ0v) is 37.5. The molecule has 2 aromatic heterocycles. The van der Waals surface area contributed by atoms with Crippen molar-refractivity contribution in [1.82, 2.24) is 24.4 Å². The van der Waals surface area contributed by atoms with Crippen LogP contribution in [-0.2, 0) is 26.9 Å². The highest BCUT2D eigenvalue weighted by atomic mass is 32.2. The van der Waals surface area contributed by atoms with Crippen LogP contribution in [0.5, 0.6) is 23.0 Å². The standard InChI is InChI=1S/C47H42N8O8S3/c48-42(64)28-4-1-3-27(20-28)35-25-55(39-19-26(5-9-33(35)39)24-51-46-53-52-45(49)65-46)30-13-16-54(17-14-30)66(60,61)18-2-15-50-43(58)29-6-10-36-34(21-29)44(59)63-47(36)37-11-7-31(56)22-40(37)62-41-23-32(57)8-12-38(41)47/h1,3-12,19-23,25,30,56-57H,2,13-18,24H2,(H2,48,64)(H2,49,52)(H,50,58)(H,51,53). The van der Waals surface area contributed by atoms with Crippen molar-refractivity contribution in [1.29, 1.82) is 0 Å². The van der Waals surface area contributed by atoms with E-state index in [2.05, 4.69) is 49.8 Å². The van der Waals surface area contributed by atoms with E-state index in [0.29, 0.717) is 64.4 Å². The molecule has 19 heteroatoms. The van der Waals surface area contributed by atoms with Gasteiger partial charge >= 0.3 is 5.97 Å². The second-order valence-electron chi connectivity index (χ2n) is 16.4. The second kappa shape index (κ2) is 16.7. The molecule has 0 radical (unpaired) electrons. The lowest BCUT2D eigenvalue weighted by molar-refractivity contribution is 0.0224. The van der Waals surface area contributed by atoms with E-state index in [1.807, 2.05) is 24.3 Å². The molecular weight excluding hydrogens is 901 g/mol. The Morgan fingerprint density at radius 2 is 1.62 bits per heavy atom. The van der Waals surface area contributed by atoms with Gasteiger partial charge in [0.05, 0.1) is 11.3 Å². The summed E-state index contributed by atoms with van der Waals surface area (Å²) in [7, 11) is -3.65. The number of nitrogens with two attached hydrogens (primary N) is 2. The summed E-state index contributed by atoms with van der Waals surface area (Å²) >= 11 is 6.55. The van der Waals surface area contributed by atoms with Gasteiger partial charge in [-0.3, -0.25) is 4.79 Å². The summed E-state index contributed by atoms with van der Waals surface area (Å²) in [6.07, 6.45) is 3.49. The lowest BCUT2D eigenvalue weighted by Gasteiger charge is -2.36. The fraction of sp³-hybridized carbons (Fsp3) is 0.213. The minimum atomic E-state index is -3.65. The molecule has 66 heavy (non-hydrogen) atoms. The van der Waals surface area contributed by atoms with E-state index in [4.69, 9.17) is 33.2 Å². The second-order valence-corrected chi connectivity index (χ2v) is 19.9. The van der Waals surface area contributed by atoms with Gasteiger partial charge in [0.1, 0.15) is 28.0 Å². The maximum absolute atomic E-state index is 13.7. The van der Waals surface area contributed by atoms with E-state index < -0.39 is 27.5 Å². The molecule has 5 heterocycles. The Morgan fingerprint density at radius 1 is 0.894 bits per heavy atom. The van der Waals surface area contributed by atoms with Crippen molar-refractivity contribution in [2.75, 3.05) is 36.4 Å². The number of rotatable bonds is 12. The number of nitrogen functional groups attached to an aromatic ring is 1. The number of thiocarbonyl (C=S) groups is 1. The first kappa shape index (κ1) is 42.9. The first-order valence-electron chi connectivity index (χ1n) is 21.1. The smallest absolute Gasteiger partial charge is 0.340 e. The van der Waals surface area contributed by atoms with Gasteiger partial charge in [-0.05, 0) is 78.9 Å².